The van der Waals surface area contributed by atoms with E-state index in [1.807, 2.05) is 25.2 Å². The van der Waals surface area contributed by atoms with E-state index in [0.717, 1.165) is 12.0 Å². The maximum absolute atomic E-state index is 11.5. The molecule has 2 unspecified atom stereocenters. The van der Waals surface area contributed by atoms with Crippen LogP contribution in [0.3, 0.4) is 0 Å². The summed E-state index contributed by atoms with van der Waals surface area (Å²) in [5, 5.41) is 1.01. The van der Waals surface area contributed by atoms with Gasteiger partial charge < -0.3 is 0 Å². The van der Waals surface area contributed by atoms with Gasteiger partial charge in [-0.2, -0.15) is 0 Å². The Balaban J connectivity index is 2.40. The fourth-order valence-electron chi connectivity index (χ4n) is 1.74. The minimum absolute atomic E-state index is 0.0697. The van der Waals surface area contributed by atoms with Crippen LogP contribution in [0.5, 0.6) is 0 Å². The van der Waals surface area contributed by atoms with Gasteiger partial charge >= 0.3 is 0 Å². The van der Waals surface area contributed by atoms with E-state index in [2.05, 4.69) is 0 Å². The number of allylic oxidation sites excluding steroid dienone is 4. The van der Waals surface area contributed by atoms with Crippen molar-refractivity contribution in [1.82, 2.24) is 0 Å². The molecule has 2 nitrogen and oxygen atoms in total. The van der Waals surface area contributed by atoms with Gasteiger partial charge in [0.15, 0.2) is 9.84 Å². The molecule has 2 aliphatic rings. The molecular formula is C10H12O2S. The van der Waals surface area contributed by atoms with Crippen LogP contribution >= 0.6 is 0 Å². The van der Waals surface area contributed by atoms with Gasteiger partial charge in [0.1, 0.15) is 0 Å². The highest BCUT2D eigenvalue weighted by molar-refractivity contribution is 7.95. The number of fused-ring (bicyclic) bond motifs is 1. The van der Waals surface area contributed by atoms with Gasteiger partial charge in [0.25, 0.3) is 0 Å². The average molecular weight is 196 g/mol. The molecule has 13 heavy (non-hydrogen) atoms. The number of hydrogen-bond donors (Lipinski definition) is 0. The van der Waals surface area contributed by atoms with Crippen LogP contribution in [0.2, 0.25) is 0 Å². The first-order chi connectivity index (χ1) is 6.13. The molecule has 0 aromatic heterocycles. The zero-order valence-electron chi connectivity index (χ0n) is 7.47. The molecular weight excluding hydrogens is 184 g/mol. The summed E-state index contributed by atoms with van der Waals surface area (Å²) >= 11 is 0. The van der Waals surface area contributed by atoms with E-state index in [4.69, 9.17) is 0 Å². The van der Waals surface area contributed by atoms with E-state index >= 15 is 0 Å². The zero-order chi connectivity index (χ0) is 9.47. The Bertz CT molecular complexity index is 399. The molecule has 0 radical (unpaired) electrons. The summed E-state index contributed by atoms with van der Waals surface area (Å²) in [7, 11) is -3.00. The Morgan fingerprint density at radius 1 is 1.38 bits per heavy atom. The summed E-state index contributed by atoms with van der Waals surface area (Å²) in [6.07, 6.45) is 8.53. The summed E-state index contributed by atoms with van der Waals surface area (Å²) < 4.78 is 23.0. The highest BCUT2D eigenvalue weighted by Crippen LogP contribution is 2.31. The molecule has 0 N–H and O–H groups in total. The molecule has 70 valence electrons. The van der Waals surface area contributed by atoms with Crippen LogP contribution in [-0.2, 0) is 9.84 Å². The fraction of sp³-hybridized carbons (Fsp3) is 0.400. The molecule has 0 saturated carbocycles. The lowest BCUT2D eigenvalue weighted by atomic mass is 9.95. The van der Waals surface area contributed by atoms with Crippen molar-refractivity contribution in [3.8, 4) is 0 Å². The maximum atomic E-state index is 11.5. The monoisotopic (exact) mass is 196 g/mol. The Morgan fingerprint density at radius 3 is 2.85 bits per heavy atom. The average Bonchev–Trinajstić information content (AvgIpc) is 2.42. The van der Waals surface area contributed by atoms with E-state index in [1.54, 1.807) is 6.08 Å². The first-order valence-corrected chi connectivity index (χ1v) is 6.05. The lowest BCUT2D eigenvalue weighted by Gasteiger charge is -2.16. The smallest absolute Gasteiger partial charge is 0.178 e. The molecule has 1 aliphatic heterocycles. The van der Waals surface area contributed by atoms with Crippen molar-refractivity contribution in [2.45, 2.75) is 18.6 Å². The lowest BCUT2D eigenvalue weighted by Crippen LogP contribution is -2.21. The summed E-state index contributed by atoms with van der Waals surface area (Å²) in [5.41, 5.74) is 1.12. The Kier molecular flexibility index (Phi) is 1.91. The molecule has 0 aromatic carbocycles. The molecule has 3 heteroatoms. The van der Waals surface area contributed by atoms with Gasteiger partial charge in [0.05, 0.1) is 5.25 Å². The minimum Gasteiger partial charge on any atom is -0.224 e. The highest BCUT2D eigenvalue weighted by atomic mass is 32.2. The van der Waals surface area contributed by atoms with Gasteiger partial charge in [-0.15, -0.1) is 0 Å². The van der Waals surface area contributed by atoms with Crippen LogP contribution < -0.4 is 0 Å². The molecule has 2 rings (SSSR count). The van der Waals surface area contributed by atoms with Crippen LogP contribution in [0.1, 0.15) is 13.3 Å². The lowest BCUT2D eigenvalue weighted by molar-refractivity contribution is 0.593. The Labute approximate surface area is 78.6 Å². The quantitative estimate of drug-likeness (QED) is 0.641. The van der Waals surface area contributed by atoms with Crippen molar-refractivity contribution in [3.05, 3.63) is 35.3 Å². The summed E-state index contributed by atoms with van der Waals surface area (Å²) in [6.45, 7) is 2.03. The van der Waals surface area contributed by atoms with E-state index in [0.29, 0.717) is 0 Å². The largest absolute Gasteiger partial charge is 0.224 e. The fourth-order valence-corrected chi connectivity index (χ4v) is 3.30. The zero-order valence-corrected chi connectivity index (χ0v) is 8.29. The standard InChI is InChI=1S/C10H12O2S/c1-2-8-3-4-9-5-6-13(11,12)10(9)7-8/h3-7,9-10H,2H2,1H3. The summed E-state index contributed by atoms with van der Waals surface area (Å²) in [6, 6.07) is 0. The summed E-state index contributed by atoms with van der Waals surface area (Å²) in [4.78, 5) is 0. The molecule has 1 aliphatic carbocycles. The van der Waals surface area contributed by atoms with Gasteiger partial charge in [-0.1, -0.05) is 36.8 Å². The van der Waals surface area contributed by atoms with E-state index in [1.165, 1.54) is 5.41 Å². The number of hydrogen-bond acceptors (Lipinski definition) is 2. The van der Waals surface area contributed by atoms with E-state index < -0.39 is 9.84 Å². The SMILES string of the molecule is CCC1=CC2C(C=C1)C=CS2(=O)=O. The first-order valence-electron chi connectivity index (χ1n) is 4.44. The second-order valence-corrected chi connectivity index (χ2v) is 5.41. The number of sulfone groups is 1. The normalized spacial score (nSPS) is 34.4. The van der Waals surface area contributed by atoms with Crippen molar-refractivity contribution >= 4 is 9.84 Å². The van der Waals surface area contributed by atoms with Crippen LogP contribution in [0.15, 0.2) is 35.3 Å². The minimum atomic E-state index is -3.00. The van der Waals surface area contributed by atoms with Gasteiger partial charge in [-0.05, 0) is 6.42 Å². The van der Waals surface area contributed by atoms with Gasteiger partial charge in [0, 0.05) is 11.3 Å². The third-order valence-electron chi connectivity index (χ3n) is 2.57. The molecule has 0 amide bonds. The predicted octanol–water partition coefficient (Wildman–Crippen LogP) is 1.82. The predicted molar refractivity (Wildman–Crippen MR) is 52.9 cm³/mol. The van der Waals surface area contributed by atoms with Gasteiger partial charge in [0.2, 0.25) is 0 Å². The van der Waals surface area contributed by atoms with Crippen molar-refractivity contribution in [2.75, 3.05) is 0 Å². The molecule has 2 atom stereocenters. The molecule has 0 saturated heterocycles. The number of rotatable bonds is 1. The van der Waals surface area contributed by atoms with Crippen molar-refractivity contribution in [3.63, 3.8) is 0 Å². The van der Waals surface area contributed by atoms with E-state index in [9.17, 15) is 8.42 Å². The Hall–Kier alpha value is -0.830. The van der Waals surface area contributed by atoms with Gasteiger partial charge in [-0.3, -0.25) is 0 Å². The van der Waals surface area contributed by atoms with Crippen molar-refractivity contribution in [2.24, 2.45) is 5.92 Å². The van der Waals surface area contributed by atoms with Crippen molar-refractivity contribution in [1.29, 1.82) is 0 Å². The molecule has 0 aromatic rings. The van der Waals surface area contributed by atoms with E-state index in [-0.39, 0.29) is 11.2 Å². The maximum Gasteiger partial charge on any atom is 0.178 e. The van der Waals surface area contributed by atoms with Crippen LogP contribution in [0.4, 0.5) is 0 Å². The first kappa shape index (κ1) is 8.75. The Morgan fingerprint density at radius 2 is 2.15 bits per heavy atom. The van der Waals surface area contributed by atoms with Gasteiger partial charge in [-0.25, -0.2) is 8.42 Å². The van der Waals surface area contributed by atoms with Crippen molar-refractivity contribution < 1.29 is 8.42 Å². The molecule has 0 fully saturated rings. The third kappa shape index (κ3) is 1.37. The molecule has 0 spiro atoms. The molecule has 1 heterocycles. The highest BCUT2D eigenvalue weighted by Gasteiger charge is 2.33. The van der Waals surface area contributed by atoms with Crippen LogP contribution in [0, 0.1) is 5.92 Å². The second-order valence-electron chi connectivity index (χ2n) is 3.41. The third-order valence-corrected chi connectivity index (χ3v) is 4.31. The topological polar surface area (TPSA) is 34.1 Å². The van der Waals surface area contributed by atoms with Crippen LogP contribution in [0.25, 0.3) is 0 Å². The second kappa shape index (κ2) is 2.84. The summed E-state index contributed by atoms with van der Waals surface area (Å²) in [5.74, 6) is 0.0697. The van der Waals surface area contributed by atoms with Crippen LogP contribution in [-0.4, -0.2) is 13.7 Å². The molecule has 0 bridgehead atoms.